The Morgan fingerprint density at radius 1 is 0.750 bits per heavy atom. The fourth-order valence-electron chi connectivity index (χ4n) is 3.99. The van der Waals surface area contributed by atoms with E-state index in [-0.39, 0.29) is 5.91 Å². The SMILES string of the molecule is CCc1ccccc1CN(C)C(=O)c1cc(Br)c(OCc2ccccc2)cc1OCc1ccccc1. The Labute approximate surface area is 221 Å². The number of benzene rings is 4. The Kier molecular flexibility index (Phi) is 8.80. The lowest BCUT2D eigenvalue weighted by Crippen LogP contribution is -2.27. The van der Waals surface area contributed by atoms with Crippen LogP contribution in [0.4, 0.5) is 0 Å². The zero-order valence-electron chi connectivity index (χ0n) is 20.6. The monoisotopic (exact) mass is 543 g/mol. The quantitative estimate of drug-likeness (QED) is 0.208. The summed E-state index contributed by atoms with van der Waals surface area (Å²) in [5.74, 6) is 1.00. The lowest BCUT2D eigenvalue weighted by Gasteiger charge is -2.22. The molecule has 0 saturated heterocycles. The Morgan fingerprint density at radius 2 is 1.28 bits per heavy atom. The van der Waals surface area contributed by atoms with E-state index in [9.17, 15) is 4.79 Å². The molecule has 0 heterocycles. The van der Waals surface area contributed by atoms with Crippen LogP contribution < -0.4 is 9.47 Å². The Morgan fingerprint density at radius 3 is 1.86 bits per heavy atom. The average molecular weight is 544 g/mol. The normalized spacial score (nSPS) is 10.6. The number of halogens is 1. The minimum absolute atomic E-state index is 0.112. The van der Waals surface area contributed by atoms with E-state index >= 15 is 0 Å². The van der Waals surface area contributed by atoms with Crippen LogP contribution in [0.2, 0.25) is 0 Å². The summed E-state index contributed by atoms with van der Waals surface area (Å²) >= 11 is 3.61. The number of nitrogens with zero attached hydrogens (tertiary/aromatic N) is 1. The van der Waals surface area contributed by atoms with Gasteiger partial charge in [-0.1, -0.05) is 91.9 Å². The van der Waals surface area contributed by atoms with Gasteiger partial charge in [-0.05, 0) is 50.7 Å². The molecule has 4 rings (SSSR count). The third-order valence-electron chi connectivity index (χ3n) is 5.99. The molecular weight excluding hydrogens is 514 g/mol. The molecule has 0 atom stereocenters. The first kappa shape index (κ1) is 25.5. The lowest BCUT2D eigenvalue weighted by molar-refractivity contribution is 0.0779. The first-order valence-corrected chi connectivity index (χ1v) is 12.8. The van der Waals surface area contributed by atoms with E-state index < -0.39 is 0 Å². The molecule has 0 unspecified atom stereocenters. The predicted octanol–water partition coefficient (Wildman–Crippen LogP) is 7.44. The fraction of sp³-hybridized carbons (Fsp3) is 0.194. The van der Waals surface area contributed by atoms with E-state index in [1.54, 1.807) is 17.0 Å². The summed E-state index contributed by atoms with van der Waals surface area (Å²) in [6, 6.07) is 31.7. The number of carbonyl (C=O) groups is 1. The van der Waals surface area contributed by atoms with Crippen LogP contribution in [0.15, 0.2) is 102 Å². The van der Waals surface area contributed by atoms with Crippen molar-refractivity contribution in [2.24, 2.45) is 0 Å². The van der Waals surface area contributed by atoms with Gasteiger partial charge in [-0.3, -0.25) is 4.79 Å². The number of hydrogen-bond donors (Lipinski definition) is 0. The third-order valence-corrected chi connectivity index (χ3v) is 6.61. The summed E-state index contributed by atoms with van der Waals surface area (Å²) in [5.41, 5.74) is 4.95. The van der Waals surface area contributed by atoms with Gasteiger partial charge in [-0.2, -0.15) is 0 Å². The van der Waals surface area contributed by atoms with Crippen LogP contribution in [0.5, 0.6) is 11.5 Å². The van der Waals surface area contributed by atoms with Crippen LogP contribution in [0.25, 0.3) is 0 Å². The summed E-state index contributed by atoms with van der Waals surface area (Å²) in [4.78, 5) is 15.3. The Hall–Kier alpha value is -3.57. The lowest BCUT2D eigenvalue weighted by atomic mass is 10.0. The van der Waals surface area contributed by atoms with E-state index in [0.717, 1.165) is 23.1 Å². The third kappa shape index (κ3) is 6.55. The summed E-state index contributed by atoms with van der Waals surface area (Å²) in [7, 11) is 1.82. The highest BCUT2D eigenvalue weighted by Gasteiger charge is 2.21. The van der Waals surface area contributed by atoms with Crippen LogP contribution in [0.3, 0.4) is 0 Å². The van der Waals surface area contributed by atoms with Gasteiger partial charge in [0, 0.05) is 19.7 Å². The summed E-state index contributed by atoms with van der Waals surface area (Å²) in [5, 5.41) is 0. The van der Waals surface area contributed by atoms with E-state index in [0.29, 0.717) is 41.3 Å². The highest BCUT2D eigenvalue weighted by atomic mass is 79.9. The van der Waals surface area contributed by atoms with Gasteiger partial charge < -0.3 is 14.4 Å². The molecule has 4 aromatic rings. The Bertz CT molecular complexity index is 1290. The van der Waals surface area contributed by atoms with Crippen molar-refractivity contribution >= 4 is 21.8 Å². The highest BCUT2D eigenvalue weighted by Crippen LogP contribution is 2.35. The molecule has 4 nitrogen and oxygen atoms in total. The molecule has 0 aromatic heterocycles. The molecule has 0 N–H and O–H groups in total. The second-order valence-electron chi connectivity index (χ2n) is 8.61. The van der Waals surface area contributed by atoms with Crippen LogP contribution in [-0.2, 0) is 26.2 Å². The number of rotatable bonds is 10. The van der Waals surface area contributed by atoms with Crippen LogP contribution in [-0.4, -0.2) is 17.9 Å². The van der Waals surface area contributed by atoms with Crippen molar-refractivity contribution in [3.8, 4) is 11.5 Å². The molecule has 184 valence electrons. The fourth-order valence-corrected chi connectivity index (χ4v) is 4.45. The van der Waals surface area contributed by atoms with Gasteiger partial charge in [-0.15, -0.1) is 0 Å². The van der Waals surface area contributed by atoms with E-state index in [4.69, 9.17) is 9.47 Å². The van der Waals surface area contributed by atoms with Gasteiger partial charge in [0.15, 0.2) is 0 Å². The number of amides is 1. The maximum Gasteiger partial charge on any atom is 0.257 e. The second kappa shape index (κ2) is 12.4. The maximum atomic E-state index is 13.6. The molecule has 36 heavy (non-hydrogen) atoms. The van der Waals surface area contributed by atoms with Crippen molar-refractivity contribution in [2.45, 2.75) is 33.1 Å². The van der Waals surface area contributed by atoms with Gasteiger partial charge in [-0.25, -0.2) is 0 Å². The van der Waals surface area contributed by atoms with Crippen LogP contribution in [0, 0.1) is 0 Å². The maximum absolute atomic E-state index is 13.6. The Balaban J connectivity index is 1.60. The van der Waals surface area contributed by atoms with E-state index in [2.05, 4.69) is 35.0 Å². The predicted molar refractivity (Wildman–Crippen MR) is 147 cm³/mol. The highest BCUT2D eigenvalue weighted by molar-refractivity contribution is 9.10. The number of ether oxygens (including phenoxy) is 2. The second-order valence-corrected chi connectivity index (χ2v) is 9.47. The van der Waals surface area contributed by atoms with Crippen molar-refractivity contribution in [3.63, 3.8) is 0 Å². The average Bonchev–Trinajstić information content (AvgIpc) is 2.92. The first-order valence-electron chi connectivity index (χ1n) is 12.0. The number of hydrogen-bond acceptors (Lipinski definition) is 3. The minimum atomic E-state index is -0.112. The molecule has 5 heteroatoms. The zero-order chi connectivity index (χ0) is 25.3. The molecule has 0 bridgehead atoms. The van der Waals surface area contributed by atoms with Gasteiger partial charge in [0.1, 0.15) is 24.7 Å². The van der Waals surface area contributed by atoms with Gasteiger partial charge in [0.05, 0.1) is 10.0 Å². The van der Waals surface area contributed by atoms with Crippen molar-refractivity contribution in [1.82, 2.24) is 4.90 Å². The largest absolute Gasteiger partial charge is 0.488 e. The molecule has 0 fully saturated rings. The molecule has 0 aliphatic rings. The van der Waals surface area contributed by atoms with Crippen molar-refractivity contribution in [3.05, 3.63) is 129 Å². The smallest absolute Gasteiger partial charge is 0.257 e. The van der Waals surface area contributed by atoms with Crippen LogP contribution in [0.1, 0.15) is 39.5 Å². The number of carbonyl (C=O) groups excluding carboxylic acids is 1. The summed E-state index contributed by atoms with van der Waals surface area (Å²) < 4.78 is 13.0. The molecule has 0 aliphatic carbocycles. The summed E-state index contributed by atoms with van der Waals surface area (Å²) in [6.07, 6.45) is 0.919. The summed E-state index contributed by atoms with van der Waals surface area (Å²) in [6.45, 7) is 3.41. The minimum Gasteiger partial charge on any atom is -0.488 e. The standard InChI is InChI=1S/C31H30BrNO3/c1-3-25-16-10-11-17-26(25)20-33(2)31(34)27-18-28(32)30(36-22-24-14-8-5-9-15-24)19-29(27)35-21-23-12-6-4-7-13-23/h4-19H,3,20-22H2,1-2H3. The topological polar surface area (TPSA) is 38.8 Å². The van der Waals surface area contributed by atoms with Gasteiger partial charge in [0.2, 0.25) is 0 Å². The van der Waals surface area contributed by atoms with Crippen LogP contribution >= 0.6 is 15.9 Å². The molecule has 0 aliphatic heterocycles. The molecule has 1 amide bonds. The molecule has 0 radical (unpaired) electrons. The van der Waals surface area contributed by atoms with E-state index in [1.807, 2.05) is 79.8 Å². The first-order chi connectivity index (χ1) is 17.5. The zero-order valence-corrected chi connectivity index (χ0v) is 22.2. The van der Waals surface area contributed by atoms with Gasteiger partial charge >= 0.3 is 0 Å². The van der Waals surface area contributed by atoms with Crippen molar-refractivity contribution in [1.29, 1.82) is 0 Å². The molecule has 0 saturated carbocycles. The van der Waals surface area contributed by atoms with Crippen molar-refractivity contribution in [2.75, 3.05) is 7.05 Å². The number of aryl methyl sites for hydroxylation is 1. The molecule has 4 aromatic carbocycles. The van der Waals surface area contributed by atoms with E-state index in [1.165, 1.54) is 5.56 Å². The molecule has 0 spiro atoms. The van der Waals surface area contributed by atoms with Crippen molar-refractivity contribution < 1.29 is 14.3 Å². The molecular formula is C31H30BrNO3. The van der Waals surface area contributed by atoms with Gasteiger partial charge in [0.25, 0.3) is 5.91 Å².